The Labute approximate surface area is 139 Å². The summed E-state index contributed by atoms with van der Waals surface area (Å²) in [4.78, 5) is 19.2. The summed E-state index contributed by atoms with van der Waals surface area (Å²) in [6.07, 6.45) is 1.83. The Morgan fingerprint density at radius 2 is 2.09 bits per heavy atom. The summed E-state index contributed by atoms with van der Waals surface area (Å²) in [5.74, 6) is -0.0873. The molecule has 6 heteroatoms. The van der Waals surface area contributed by atoms with Gasteiger partial charge in [-0.3, -0.25) is 4.79 Å². The van der Waals surface area contributed by atoms with Crippen molar-refractivity contribution in [3.05, 3.63) is 50.9 Å². The van der Waals surface area contributed by atoms with E-state index in [1.54, 1.807) is 47.5 Å². The molecular formula is C16H19ClN2O2S. The van der Waals surface area contributed by atoms with Crippen LogP contribution in [0.25, 0.3) is 0 Å². The molecule has 0 bridgehead atoms. The van der Waals surface area contributed by atoms with Crippen molar-refractivity contribution in [2.75, 3.05) is 13.6 Å². The van der Waals surface area contributed by atoms with Crippen LogP contribution in [0, 0.1) is 6.92 Å². The first-order valence-electron chi connectivity index (χ1n) is 7.04. The van der Waals surface area contributed by atoms with Crippen LogP contribution in [0.5, 0.6) is 0 Å². The fraction of sp³-hybridized carbons (Fsp3) is 0.375. The van der Waals surface area contributed by atoms with Crippen molar-refractivity contribution in [3.63, 3.8) is 0 Å². The van der Waals surface area contributed by atoms with Crippen LogP contribution in [0.1, 0.15) is 28.0 Å². The molecule has 0 aliphatic heterocycles. The van der Waals surface area contributed by atoms with Crippen molar-refractivity contribution in [1.29, 1.82) is 0 Å². The number of thiazole rings is 1. The molecule has 1 N–H and O–H groups in total. The van der Waals surface area contributed by atoms with Crippen LogP contribution in [0.3, 0.4) is 0 Å². The van der Waals surface area contributed by atoms with Crippen molar-refractivity contribution in [3.8, 4) is 0 Å². The number of nitrogens with zero attached hydrogens (tertiary/aromatic N) is 2. The van der Waals surface area contributed by atoms with E-state index in [9.17, 15) is 9.90 Å². The van der Waals surface area contributed by atoms with Gasteiger partial charge in [-0.1, -0.05) is 23.7 Å². The zero-order valence-corrected chi connectivity index (χ0v) is 14.2. The van der Waals surface area contributed by atoms with Gasteiger partial charge in [-0.15, -0.1) is 11.3 Å². The predicted octanol–water partition coefficient (Wildman–Crippen LogP) is 3.23. The van der Waals surface area contributed by atoms with Gasteiger partial charge in [0.15, 0.2) is 0 Å². The van der Waals surface area contributed by atoms with Crippen LogP contribution in [0.15, 0.2) is 30.5 Å². The molecule has 0 saturated heterocycles. The van der Waals surface area contributed by atoms with Crippen molar-refractivity contribution in [2.45, 2.75) is 25.9 Å². The SMILES string of the molecule is Cc1cnc(CCN(C)C(=O)CC(O)c2ccc(Cl)cc2)s1. The monoisotopic (exact) mass is 338 g/mol. The van der Waals surface area contributed by atoms with E-state index >= 15 is 0 Å². The Kier molecular flexibility index (Phi) is 5.94. The largest absolute Gasteiger partial charge is 0.388 e. The minimum atomic E-state index is -0.811. The number of aryl methyl sites for hydroxylation is 1. The highest BCUT2D eigenvalue weighted by atomic mass is 35.5. The molecule has 0 aliphatic rings. The van der Waals surface area contributed by atoms with Crippen molar-refractivity contribution in [1.82, 2.24) is 9.88 Å². The quantitative estimate of drug-likeness (QED) is 0.879. The first kappa shape index (κ1) is 16.9. The second kappa shape index (κ2) is 7.72. The summed E-state index contributed by atoms with van der Waals surface area (Å²) in [6, 6.07) is 6.88. The molecule has 1 unspecified atom stereocenters. The van der Waals surface area contributed by atoms with E-state index in [-0.39, 0.29) is 12.3 Å². The van der Waals surface area contributed by atoms with Gasteiger partial charge in [0.1, 0.15) is 0 Å². The third-order valence-electron chi connectivity index (χ3n) is 3.38. The van der Waals surface area contributed by atoms with Crippen LogP contribution >= 0.6 is 22.9 Å². The molecule has 1 amide bonds. The normalized spacial score (nSPS) is 12.2. The van der Waals surface area contributed by atoms with E-state index in [1.807, 2.05) is 13.1 Å². The number of amides is 1. The summed E-state index contributed by atoms with van der Waals surface area (Å²) < 4.78 is 0. The minimum absolute atomic E-state index is 0.0645. The van der Waals surface area contributed by atoms with Gasteiger partial charge >= 0.3 is 0 Å². The van der Waals surface area contributed by atoms with E-state index in [1.165, 1.54) is 4.88 Å². The van der Waals surface area contributed by atoms with Crippen LogP contribution < -0.4 is 0 Å². The molecule has 1 aromatic heterocycles. The second-order valence-corrected chi connectivity index (χ2v) is 6.96. The molecule has 0 saturated carbocycles. The summed E-state index contributed by atoms with van der Waals surface area (Å²) in [5.41, 5.74) is 0.696. The number of hydrogen-bond acceptors (Lipinski definition) is 4. The van der Waals surface area contributed by atoms with E-state index in [2.05, 4.69) is 4.98 Å². The molecule has 0 fully saturated rings. The molecule has 118 valence electrons. The maximum atomic E-state index is 12.1. The molecule has 0 radical (unpaired) electrons. The highest BCUT2D eigenvalue weighted by Crippen LogP contribution is 2.20. The lowest BCUT2D eigenvalue weighted by atomic mass is 10.1. The highest BCUT2D eigenvalue weighted by molar-refractivity contribution is 7.11. The molecule has 22 heavy (non-hydrogen) atoms. The molecule has 4 nitrogen and oxygen atoms in total. The van der Waals surface area contributed by atoms with E-state index in [0.29, 0.717) is 17.1 Å². The third kappa shape index (κ3) is 4.80. The Morgan fingerprint density at radius 3 is 2.68 bits per heavy atom. The maximum Gasteiger partial charge on any atom is 0.225 e. The van der Waals surface area contributed by atoms with Crippen molar-refractivity contribution in [2.24, 2.45) is 0 Å². The topological polar surface area (TPSA) is 53.4 Å². The number of benzene rings is 1. The lowest BCUT2D eigenvalue weighted by Gasteiger charge is -2.19. The fourth-order valence-corrected chi connectivity index (χ4v) is 2.93. The molecule has 2 rings (SSSR count). The number of rotatable bonds is 6. The van der Waals surface area contributed by atoms with Crippen LogP contribution in [-0.2, 0) is 11.2 Å². The van der Waals surface area contributed by atoms with Gasteiger partial charge in [-0.05, 0) is 24.6 Å². The number of aliphatic hydroxyl groups is 1. The summed E-state index contributed by atoms with van der Waals surface area (Å²) >= 11 is 7.45. The Balaban J connectivity index is 1.83. The van der Waals surface area contributed by atoms with Gasteiger partial charge in [0.25, 0.3) is 0 Å². The average molecular weight is 339 g/mol. The van der Waals surface area contributed by atoms with Gasteiger partial charge < -0.3 is 10.0 Å². The van der Waals surface area contributed by atoms with Crippen LogP contribution in [-0.4, -0.2) is 34.5 Å². The Bertz CT molecular complexity index is 627. The number of likely N-dealkylation sites (N-methyl/N-ethyl adjacent to an activating group) is 1. The van der Waals surface area contributed by atoms with Gasteiger partial charge in [0.05, 0.1) is 17.5 Å². The smallest absolute Gasteiger partial charge is 0.225 e. The molecule has 1 aromatic carbocycles. The first-order chi connectivity index (χ1) is 10.5. The van der Waals surface area contributed by atoms with Gasteiger partial charge in [-0.2, -0.15) is 0 Å². The molecule has 0 spiro atoms. The Morgan fingerprint density at radius 1 is 1.41 bits per heavy atom. The molecule has 1 heterocycles. The lowest BCUT2D eigenvalue weighted by molar-refractivity contribution is -0.132. The zero-order chi connectivity index (χ0) is 16.1. The van der Waals surface area contributed by atoms with Gasteiger partial charge in [0.2, 0.25) is 5.91 Å². The highest BCUT2D eigenvalue weighted by Gasteiger charge is 2.16. The average Bonchev–Trinajstić information content (AvgIpc) is 2.91. The van der Waals surface area contributed by atoms with E-state index in [4.69, 9.17) is 11.6 Å². The molecular weight excluding hydrogens is 320 g/mol. The predicted molar refractivity (Wildman–Crippen MR) is 89.2 cm³/mol. The summed E-state index contributed by atoms with van der Waals surface area (Å²) in [6.45, 7) is 2.61. The van der Waals surface area contributed by atoms with Crippen LogP contribution in [0.4, 0.5) is 0 Å². The van der Waals surface area contributed by atoms with E-state index < -0.39 is 6.10 Å². The lowest BCUT2D eigenvalue weighted by Crippen LogP contribution is -2.30. The molecule has 1 atom stereocenters. The molecule has 2 aromatic rings. The first-order valence-corrected chi connectivity index (χ1v) is 8.24. The minimum Gasteiger partial charge on any atom is -0.388 e. The number of aromatic nitrogens is 1. The number of halogens is 1. The summed E-state index contributed by atoms with van der Waals surface area (Å²) in [5, 5.41) is 11.8. The van der Waals surface area contributed by atoms with E-state index in [0.717, 1.165) is 11.4 Å². The zero-order valence-electron chi connectivity index (χ0n) is 12.6. The maximum absolute atomic E-state index is 12.1. The standard InChI is InChI=1S/C16H19ClN2O2S/c1-11-10-18-15(22-11)7-8-19(2)16(21)9-14(20)12-3-5-13(17)6-4-12/h3-6,10,14,20H,7-9H2,1-2H3. The fourth-order valence-electron chi connectivity index (χ4n) is 2.03. The number of hydrogen-bond donors (Lipinski definition) is 1. The van der Waals surface area contributed by atoms with Crippen molar-refractivity contribution >= 4 is 28.8 Å². The van der Waals surface area contributed by atoms with Gasteiger partial charge in [0, 0.05) is 36.1 Å². The Hall–Kier alpha value is -1.43. The van der Waals surface area contributed by atoms with Gasteiger partial charge in [-0.25, -0.2) is 4.98 Å². The number of aliphatic hydroxyl groups excluding tert-OH is 1. The summed E-state index contributed by atoms with van der Waals surface area (Å²) in [7, 11) is 1.75. The second-order valence-electron chi connectivity index (χ2n) is 5.20. The molecule has 0 aliphatic carbocycles. The van der Waals surface area contributed by atoms with Crippen LogP contribution in [0.2, 0.25) is 5.02 Å². The number of carbonyl (C=O) groups excluding carboxylic acids is 1. The van der Waals surface area contributed by atoms with Crippen molar-refractivity contribution < 1.29 is 9.90 Å². The number of carbonyl (C=O) groups is 1. The third-order valence-corrected chi connectivity index (χ3v) is 4.60.